The van der Waals surface area contributed by atoms with Gasteiger partial charge in [-0.3, -0.25) is 0 Å². The second-order valence-electron chi connectivity index (χ2n) is 4.60. The molecule has 0 unspecified atom stereocenters. The molecular weight excluding hydrogens is 281 g/mol. The molecule has 3 N–H and O–H groups in total. The molecule has 0 aliphatic heterocycles. The Bertz CT molecular complexity index is 674. The van der Waals surface area contributed by atoms with Crippen LogP contribution in [0.4, 0.5) is 30.5 Å². The number of aromatic nitrogens is 2. The normalized spacial score (nSPS) is 10.7. The number of benzene rings is 1. The number of hydrogen-bond donors (Lipinski definition) is 2. The zero-order valence-electron chi connectivity index (χ0n) is 11.7. The van der Waals surface area contributed by atoms with E-state index in [2.05, 4.69) is 15.3 Å². The van der Waals surface area contributed by atoms with Crippen molar-refractivity contribution in [2.75, 3.05) is 11.1 Å². The van der Waals surface area contributed by atoms with Gasteiger partial charge in [0.2, 0.25) is 0 Å². The maximum absolute atomic E-state index is 13.7. The minimum atomic E-state index is -1.53. The Labute approximate surface area is 120 Å². The minimum Gasteiger partial charge on any atom is -0.383 e. The van der Waals surface area contributed by atoms with Crippen LogP contribution >= 0.6 is 0 Å². The Kier molecular flexibility index (Phi) is 4.30. The SMILES string of the molecule is CCCc1nc(N)c(C)c(Nc2ccc(F)c(F)c2F)n1. The molecule has 0 aliphatic carbocycles. The molecule has 112 valence electrons. The molecule has 0 spiro atoms. The van der Waals surface area contributed by atoms with Gasteiger partial charge in [0.25, 0.3) is 0 Å². The van der Waals surface area contributed by atoms with Crippen LogP contribution in [0.25, 0.3) is 0 Å². The maximum Gasteiger partial charge on any atom is 0.196 e. The maximum atomic E-state index is 13.7. The fraction of sp³-hybridized carbons (Fsp3) is 0.286. The first kappa shape index (κ1) is 15.1. The summed E-state index contributed by atoms with van der Waals surface area (Å²) in [6, 6.07) is 1.94. The van der Waals surface area contributed by atoms with Crippen molar-refractivity contribution in [2.24, 2.45) is 0 Å². The molecule has 0 saturated carbocycles. The zero-order chi connectivity index (χ0) is 15.6. The summed E-state index contributed by atoms with van der Waals surface area (Å²) in [5.74, 6) is -3.04. The molecular formula is C14H15F3N4. The van der Waals surface area contributed by atoms with E-state index in [0.29, 0.717) is 17.8 Å². The number of aryl methyl sites for hydroxylation is 1. The van der Waals surface area contributed by atoms with Crippen LogP contribution in [0.3, 0.4) is 0 Å². The van der Waals surface area contributed by atoms with E-state index >= 15 is 0 Å². The average molecular weight is 296 g/mol. The Morgan fingerprint density at radius 3 is 2.52 bits per heavy atom. The quantitative estimate of drug-likeness (QED) is 0.848. The molecule has 1 heterocycles. The molecule has 1 aromatic carbocycles. The molecule has 0 fully saturated rings. The highest BCUT2D eigenvalue weighted by Crippen LogP contribution is 2.26. The van der Waals surface area contributed by atoms with Gasteiger partial charge >= 0.3 is 0 Å². The van der Waals surface area contributed by atoms with Crippen molar-refractivity contribution in [3.05, 3.63) is 41.0 Å². The third kappa shape index (κ3) is 3.07. The number of rotatable bonds is 4. The minimum absolute atomic E-state index is 0.211. The molecule has 0 saturated heterocycles. The van der Waals surface area contributed by atoms with Crippen LogP contribution in [0.15, 0.2) is 12.1 Å². The number of nitrogens with one attached hydrogen (secondary N) is 1. The van der Waals surface area contributed by atoms with Gasteiger partial charge in [-0.1, -0.05) is 6.92 Å². The third-order valence-corrected chi connectivity index (χ3v) is 2.99. The lowest BCUT2D eigenvalue weighted by atomic mass is 10.2. The van der Waals surface area contributed by atoms with E-state index in [1.165, 1.54) is 0 Å². The molecule has 0 amide bonds. The standard InChI is InChI=1S/C14H15F3N4/c1-3-4-10-20-13(18)7(2)14(21-10)19-9-6-5-8(15)11(16)12(9)17/h5-6H,3-4H2,1-2H3,(H3,18,19,20,21). The van der Waals surface area contributed by atoms with Crippen molar-refractivity contribution in [3.8, 4) is 0 Å². The molecule has 2 rings (SSSR count). The first-order chi connectivity index (χ1) is 9.93. The Hall–Kier alpha value is -2.31. The molecule has 0 bridgehead atoms. The molecule has 7 heteroatoms. The highest BCUT2D eigenvalue weighted by atomic mass is 19.2. The van der Waals surface area contributed by atoms with Gasteiger partial charge in [-0.15, -0.1) is 0 Å². The lowest BCUT2D eigenvalue weighted by molar-refractivity contribution is 0.449. The summed E-state index contributed by atoms with van der Waals surface area (Å²) in [4.78, 5) is 8.34. The van der Waals surface area contributed by atoms with Crippen LogP contribution in [-0.4, -0.2) is 9.97 Å². The monoisotopic (exact) mass is 296 g/mol. The third-order valence-electron chi connectivity index (χ3n) is 2.99. The van der Waals surface area contributed by atoms with Crippen molar-refractivity contribution in [1.29, 1.82) is 0 Å². The zero-order valence-corrected chi connectivity index (χ0v) is 11.7. The summed E-state index contributed by atoms with van der Waals surface area (Å²) >= 11 is 0. The number of nitrogens with zero attached hydrogens (tertiary/aromatic N) is 2. The molecule has 0 atom stereocenters. The highest BCUT2D eigenvalue weighted by Gasteiger charge is 2.16. The topological polar surface area (TPSA) is 63.8 Å². The Morgan fingerprint density at radius 1 is 1.14 bits per heavy atom. The van der Waals surface area contributed by atoms with E-state index in [1.54, 1.807) is 6.92 Å². The molecule has 4 nitrogen and oxygen atoms in total. The molecule has 21 heavy (non-hydrogen) atoms. The Balaban J connectivity index is 2.42. The van der Waals surface area contributed by atoms with Crippen LogP contribution in [0.5, 0.6) is 0 Å². The van der Waals surface area contributed by atoms with Gasteiger partial charge in [0.15, 0.2) is 17.5 Å². The van der Waals surface area contributed by atoms with E-state index in [4.69, 9.17) is 5.73 Å². The van der Waals surface area contributed by atoms with E-state index in [-0.39, 0.29) is 17.3 Å². The summed E-state index contributed by atoms with van der Waals surface area (Å²) in [7, 11) is 0. The number of anilines is 3. The molecule has 0 radical (unpaired) electrons. The number of halogens is 3. The van der Waals surface area contributed by atoms with E-state index in [9.17, 15) is 13.2 Å². The van der Waals surface area contributed by atoms with Crippen LogP contribution in [0.1, 0.15) is 24.7 Å². The van der Waals surface area contributed by atoms with E-state index < -0.39 is 17.5 Å². The smallest absolute Gasteiger partial charge is 0.196 e. The average Bonchev–Trinajstić information content (AvgIpc) is 2.45. The molecule has 0 aliphatic rings. The lowest BCUT2D eigenvalue weighted by Crippen LogP contribution is -2.08. The predicted octanol–water partition coefficient (Wildman–Crippen LogP) is 3.48. The largest absolute Gasteiger partial charge is 0.383 e. The van der Waals surface area contributed by atoms with Crippen molar-refractivity contribution in [3.63, 3.8) is 0 Å². The second-order valence-corrected chi connectivity index (χ2v) is 4.60. The van der Waals surface area contributed by atoms with E-state index in [1.807, 2.05) is 6.92 Å². The number of nitrogens with two attached hydrogens (primary N) is 1. The van der Waals surface area contributed by atoms with Crippen molar-refractivity contribution in [1.82, 2.24) is 9.97 Å². The van der Waals surface area contributed by atoms with Crippen LogP contribution < -0.4 is 11.1 Å². The molecule has 1 aromatic heterocycles. The van der Waals surface area contributed by atoms with Gasteiger partial charge in [0.1, 0.15) is 17.5 Å². The van der Waals surface area contributed by atoms with Gasteiger partial charge < -0.3 is 11.1 Å². The van der Waals surface area contributed by atoms with Gasteiger partial charge in [-0.05, 0) is 25.5 Å². The predicted molar refractivity (Wildman–Crippen MR) is 74.8 cm³/mol. The fourth-order valence-electron chi connectivity index (χ4n) is 1.79. The van der Waals surface area contributed by atoms with Gasteiger partial charge in [-0.25, -0.2) is 23.1 Å². The summed E-state index contributed by atoms with van der Waals surface area (Å²) in [6.45, 7) is 3.62. The fourth-order valence-corrected chi connectivity index (χ4v) is 1.79. The number of hydrogen-bond acceptors (Lipinski definition) is 4. The summed E-state index contributed by atoms with van der Waals surface area (Å²) in [5, 5.41) is 2.64. The van der Waals surface area contributed by atoms with Gasteiger partial charge in [-0.2, -0.15) is 0 Å². The van der Waals surface area contributed by atoms with E-state index in [0.717, 1.165) is 18.6 Å². The first-order valence-electron chi connectivity index (χ1n) is 6.47. The Morgan fingerprint density at radius 2 is 1.86 bits per heavy atom. The second kappa shape index (κ2) is 5.99. The van der Waals surface area contributed by atoms with Crippen molar-refractivity contribution >= 4 is 17.3 Å². The summed E-state index contributed by atoms with van der Waals surface area (Å²) in [5.41, 5.74) is 6.08. The van der Waals surface area contributed by atoms with Crippen LogP contribution in [0.2, 0.25) is 0 Å². The summed E-state index contributed by atoms with van der Waals surface area (Å²) in [6.07, 6.45) is 1.43. The van der Waals surface area contributed by atoms with Gasteiger partial charge in [0, 0.05) is 12.0 Å². The number of nitrogen functional groups attached to an aromatic ring is 1. The lowest BCUT2D eigenvalue weighted by Gasteiger charge is -2.12. The molecule has 2 aromatic rings. The van der Waals surface area contributed by atoms with Gasteiger partial charge in [0.05, 0.1) is 5.69 Å². The summed E-state index contributed by atoms with van der Waals surface area (Å²) < 4.78 is 39.8. The van der Waals surface area contributed by atoms with Crippen molar-refractivity contribution in [2.45, 2.75) is 26.7 Å². The first-order valence-corrected chi connectivity index (χ1v) is 6.47. The highest BCUT2D eigenvalue weighted by molar-refractivity contribution is 5.64. The van der Waals surface area contributed by atoms with Crippen molar-refractivity contribution < 1.29 is 13.2 Å². The van der Waals surface area contributed by atoms with Crippen LogP contribution in [-0.2, 0) is 6.42 Å². The van der Waals surface area contributed by atoms with Crippen LogP contribution in [0, 0.1) is 24.4 Å².